The van der Waals surface area contributed by atoms with E-state index in [0.717, 1.165) is 0 Å². The molecule has 0 aromatic heterocycles. The third kappa shape index (κ3) is 2.60. The highest BCUT2D eigenvalue weighted by atomic mass is 35.5. The Balaban J connectivity index is 0.00000176. The minimum absolute atomic E-state index is 0. The molecule has 0 saturated carbocycles. The molecule has 3 aromatic rings. The maximum absolute atomic E-state index is 13.8. The maximum atomic E-state index is 13.8. The average molecular weight is 329 g/mol. The number of benzene rings is 3. The van der Waals surface area contributed by atoms with E-state index in [-0.39, 0.29) is 29.3 Å². The molecule has 1 nitrogen and oxygen atoms in total. The SMILES string of the molecule is Cl.Oc1ccc2cc(-c3cc(F)c(F)c(F)c3F)ccc2c1. The molecule has 0 spiro atoms. The van der Waals surface area contributed by atoms with Crippen molar-refractivity contribution in [3.8, 4) is 16.9 Å². The van der Waals surface area contributed by atoms with Crippen molar-refractivity contribution in [2.45, 2.75) is 0 Å². The van der Waals surface area contributed by atoms with Gasteiger partial charge in [-0.3, -0.25) is 0 Å². The molecule has 1 N–H and O–H groups in total. The predicted molar refractivity (Wildman–Crippen MR) is 78.1 cm³/mol. The van der Waals surface area contributed by atoms with Crippen molar-refractivity contribution in [3.63, 3.8) is 0 Å². The van der Waals surface area contributed by atoms with Gasteiger partial charge in [-0.1, -0.05) is 18.2 Å². The molecular formula is C16H9ClF4O. The lowest BCUT2D eigenvalue weighted by molar-refractivity contribution is 0.411. The number of hydrogen-bond donors (Lipinski definition) is 1. The molecule has 0 fully saturated rings. The van der Waals surface area contributed by atoms with Crippen molar-refractivity contribution >= 4 is 23.2 Å². The van der Waals surface area contributed by atoms with Gasteiger partial charge in [0, 0.05) is 5.56 Å². The van der Waals surface area contributed by atoms with Crippen LogP contribution in [-0.4, -0.2) is 5.11 Å². The average Bonchev–Trinajstić information content (AvgIpc) is 2.48. The van der Waals surface area contributed by atoms with Crippen LogP contribution in [0.5, 0.6) is 5.75 Å². The molecule has 0 aliphatic heterocycles. The van der Waals surface area contributed by atoms with E-state index in [1.165, 1.54) is 24.3 Å². The summed E-state index contributed by atoms with van der Waals surface area (Å²) >= 11 is 0. The lowest BCUT2D eigenvalue weighted by Crippen LogP contribution is -1.98. The van der Waals surface area contributed by atoms with Crippen LogP contribution in [0.4, 0.5) is 17.6 Å². The summed E-state index contributed by atoms with van der Waals surface area (Å²) in [6.45, 7) is 0. The molecule has 6 heteroatoms. The molecule has 22 heavy (non-hydrogen) atoms. The Kier molecular flexibility index (Phi) is 4.28. The van der Waals surface area contributed by atoms with Gasteiger partial charge in [-0.05, 0) is 40.6 Å². The van der Waals surface area contributed by atoms with Crippen LogP contribution in [0.3, 0.4) is 0 Å². The fourth-order valence-electron chi connectivity index (χ4n) is 2.18. The van der Waals surface area contributed by atoms with Crippen LogP contribution in [0.2, 0.25) is 0 Å². The van der Waals surface area contributed by atoms with Crippen molar-refractivity contribution in [1.29, 1.82) is 0 Å². The number of rotatable bonds is 1. The molecule has 114 valence electrons. The summed E-state index contributed by atoms with van der Waals surface area (Å²) in [5.74, 6) is -6.49. The molecule has 0 unspecified atom stereocenters. The first-order valence-corrected chi connectivity index (χ1v) is 6.03. The van der Waals surface area contributed by atoms with E-state index >= 15 is 0 Å². The molecule has 3 aromatic carbocycles. The van der Waals surface area contributed by atoms with Crippen molar-refractivity contribution in [3.05, 3.63) is 65.7 Å². The number of phenols is 1. The van der Waals surface area contributed by atoms with Gasteiger partial charge in [-0.25, -0.2) is 17.6 Å². The van der Waals surface area contributed by atoms with Gasteiger partial charge in [0.2, 0.25) is 0 Å². The molecule has 0 heterocycles. The molecule has 3 rings (SSSR count). The quantitative estimate of drug-likeness (QED) is 0.370. The summed E-state index contributed by atoms with van der Waals surface area (Å²) in [6, 6.07) is 9.66. The Morgan fingerprint density at radius 2 is 1.32 bits per heavy atom. The second-order valence-corrected chi connectivity index (χ2v) is 4.59. The van der Waals surface area contributed by atoms with Crippen molar-refractivity contribution in [2.24, 2.45) is 0 Å². The van der Waals surface area contributed by atoms with Gasteiger partial charge in [0.05, 0.1) is 0 Å². The second-order valence-electron chi connectivity index (χ2n) is 4.59. The van der Waals surface area contributed by atoms with Crippen LogP contribution in [0.1, 0.15) is 0 Å². The molecular weight excluding hydrogens is 320 g/mol. The number of halogens is 5. The van der Waals surface area contributed by atoms with E-state index in [0.29, 0.717) is 16.8 Å². The number of aromatic hydroxyl groups is 1. The molecule has 0 radical (unpaired) electrons. The summed E-state index contributed by atoms with van der Waals surface area (Å²) < 4.78 is 53.3. The van der Waals surface area contributed by atoms with Gasteiger partial charge in [0.15, 0.2) is 23.3 Å². The Morgan fingerprint density at radius 1 is 0.682 bits per heavy atom. The highest BCUT2D eigenvalue weighted by molar-refractivity contribution is 5.88. The molecule has 0 aliphatic carbocycles. The first-order chi connectivity index (χ1) is 9.97. The van der Waals surface area contributed by atoms with Gasteiger partial charge in [-0.15, -0.1) is 12.4 Å². The molecule has 0 saturated heterocycles. The topological polar surface area (TPSA) is 20.2 Å². The van der Waals surface area contributed by atoms with Crippen LogP contribution in [0.15, 0.2) is 42.5 Å². The molecule has 0 atom stereocenters. The highest BCUT2D eigenvalue weighted by Gasteiger charge is 2.19. The minimum atomic E-state index is -1.84. The van der Waals surface area contributed by atoms with Crippen molar-refractivity contribution < 1.29 is 22.7 Å². The highest BCUT2D eigenvalue weighted by Crippen LogP contribution is 2.31. The summed E-state index contributed by atoms with van der Waals surface area (Å²) in [5.41, 5.74) is -0.148. The Morgan fingerprint density at radius 3 is 2.05 bits per heavy atom. The third-order valence-corrected chi connectivity index (χ3v) is 3.24. The lowest BCUT2D eigenvalue weighted by Gasteiger charge is -2.08. The van der Waals surface area contributed by atoms with E-state index in [9.17, 15) is 22.7 Å². The Bertz CT molecular complexity index is 864. The smallest absolute Gasteiger partial charge is 0.198 e. The second kappa shape index (κ2) is 5.85. The molecule has 0 amide bonds. The first kappa shape index (κ1) is 16.1. The fourth-order valence-corrected chi connectivity index (χ4v) is 2.18. The van der Waals surface area contributed by atoms with Gasteiger partial charge >= 0.3 is 0 Å². The van der Waals surface area contributed by atoms with E-state index < -0.39 is 23.3 Å². The van der Waals surface area contributed by atoms with Crippen molar-refractivity contribution in [1.82, 2.24) is 0 Å². The van der Waals surface area contributed by atoms with Crippen LogP contribution >= 0.6 is 12.4 Å². The van der Waals surface area contributed by atoms with Crippen LogP contribution < -0.4 is 0 Å². The van der Waals surface area contributed by atoms with E-state index in [4.69, 9.17) is 0 Å². The fraction of sp³-hybridized carbons (Fsp3) is 0. The zero-order chi connectivity index (χ0) is 15.1. The lowest BCUT2D eigenvalue weighted by atomic mass is 10.0. The maximum Gasteiger partial charge on any atom is 0.198 e. The summed E-state index contributed by atoms with van der Waals surface area (Å²) in [5, 5.41) is 10.7. The summed E-state index contributed by atoms with van der Waals surface area (Å²) in [4.78, 5) is 0. The number of phenolic OH excluding ortho intramolecular Hbond substituents is 1. The van der Waals surface area contributed by atoms with Crippen LogP contribution in [0, 0.1) is 23.3 Å². The van der Waals surface area contributed by atoms with Gasteiger partial charge in [0.1, 0.15) is 5.75 Å². The van der Waals surface area contributed by atoms with E-state index in [1.807, 2.05) is 0 Å². The Labute approximate surface area is 129 Å². The van der Waals surface area contributed by atoms with Crippen LogP contribution in [-0.2, 0) is 0 Å². The largest absolute Gasteiger partial charge is 0.508 e. The minimum Gasteiger partial charge on any atom is -0.508 e. The first-order valence-electron chi connectivity index (χ1n) is 6.03. The van der Waals surface area contributed by atoms with E-state index in [1.54, 1.807) is 12.1 Å². The van der Waals surface area contributed by atoms with E-state index in [2.05, 4.69) is 0 Å². The summed E-state index contributed by atoms with van der Waals surface area (Å²) in [7, 11) is 0. The summed E-state index contributed by atoms with van der Waals surface area (Å²) in [6.07, 6.45) is 0. The standard InChI is InChI=1S/C16H8F4O.ClH/c17-13-7-12(14(18)16(20)15(13)19)10-2-1-9-6-11(21)4-3-8(9)5-10;/h1-7,21H;1H. The number of hydrogen-bond acceptors (Lipinski definition) is 1. The number of fused-ring (bicyclic) bond motifs is 1. The van der Waals surface area contributed by atoms with Crippen LogP contribution in [0.25, 0.3) is 21.9 Å². The zero-order valence-electron chi connectivity index (χ0n) is 10.9. The van der Waals surface area contributed by atoms with Gasteiger partial charge < -0.3 is 5.11 Å². The van der Waals surface area contributed by atoms with Gasteiger partial charge in [0.25, 0.3) is 0 Å². The predicted octanol–water partition coefficient (Wildman–Crippen LogP) is 5.19. The Hall–Kier alpha value is -2.27. The molecule has 0 bridgehead atoms. The monoisotopic (exact) mass is 328 g/mol. The third-order valence-electron chi connectivity index (χ3n) is 3.24. The normalized spacial score (nSPS) is 10.5. The zero-order valence-corrected chi connectivity index (χ0v) is 11.7. The van der Waals surface area contributed by atoms with Gasteiger partial charge in [-0.2, -0.15) is 0 Å². The van der Waals surface area contributed by atoms with Crippen molar-refractivity contribution in [2.75, 3.05) is 0 Å². The molecule has 0 aliphatic rings.